The van der Waals surface area contributed by atoms with Gasteiger partial charge in [0.15, 0.2) is 5.82 Å². The van der Waals surface area contributed by atoms with Crippen LogP contribution in [0.2, 0.25) is 0 Å². The van der Waals surface area contributed by atoms with Crippen LogP contribution in [0.15, 0.2) is 58.1 Å². The van der Waals surface area contributed by atoms with E-state index >= 15 is 0 Å². The van der Waals surface area contributed by atoms with Gasteiger partial charge in [-0.05, 0) is 49.7 Å². The first-order valence-corrected chi connectivity index (χ1v) is 10.3. The smallest absolute Gasteiger partial charge is 0.439 e. The Hall–Kier alpha value is -4.15. The van der Waals surface area contributed by atoms with Gasteiger partial charge < -0.3 is 10.1 Å². The molecule has 0 aliphatic carbocycles. The van der Waals surface area contributed by atoms with E-state index in [2.05, 4.69) is 29.9 Å². The van der Waals surface area contributed by atoms with Crippen molar-refractivity contribution in [2.75, 3.05) is 11.9 Å². The minimum Gasteiger partial charge on any atom is -0.492 e. The van der Waals surface area contributed by atoms with Gasteiger partial charge in [-0.15, -0.1) is 0 Å². The first kappa shape index (κ1) is 23.0. The van der Waals surface area contributed by atoms with Gasteiger partial charge in [0.1, 0.15) is 17.1 Å². The average molecular weight is 471 g/mol. The van der Waals surface area contributed by atoms with Gasteiger partial charge in [-0.25, -0.2) is 9.78 Å². The van der Waals surface area contributed by atoms with E-state index < -0.39 is 17.5 Å². The lowest BCUT2D eigenvalue weighted by atomic mass is 10.1. The molecule has 0 spiro atoms. The molecule has 0 saturated heterocycles. The van der Waals surface area contributed by atoms with Crippen molar-refractivity contribution in [2.24, 2.45) is 0 Å². The largest absolute Gasteiger partial charge is 0.492 e. The van der Waals surface area contributed by atoms with E-state index in [9.17, 15) is 18.0 Å². The van der Waals surface area contributed by atoms with Gasteiger partial charge in [-0.2, -0.15) is 13.2 Å². The predicted octanol–water partition coefficient (Wildman–Crippen LogP) is 4.82. The van der Waals surface area contributed by atoms with Crippen molar-refractivity contribution in [3.05, 3.63) is 81.7 Å². The van der Waals surface area contributed by atoms with Crippen LogP contribution in [0.3, 0.4) is 0 Å². The summed E-state index contributed by atoms with van der Waals surface area (Å²) in [5.74, 6) is -0.0412. The second kappa shape index (κ2) is 9.38. The van der Waals surface area contributed by atoms with E-state index in [-0.39, 0.29) is 11.6 Å². The highest BCUT2D eigenvalue weighted by atomic mass is 19.4. The summed E-state index contributed by atoms with van der Waals surface area (Å²) < 4.78 is 49.5. The van der Waals surface area contributed by atoms with Crippen molar-refractivity contribution in [3.8, 4) is 17.1 Å². The third kappa shape index (κ3) is 5.08. The fourth-order valence-electron chi connectivity index (χ4n) is 3.29. The first-order chi connectivity index (χ1) is 16.2. The van der Waals surface area contributed by atoms with Crippen LogP contribution in [0.25, 0.3) is 11.4 Å². The number of rotatable bonds is 7. The Balaban J connectivity index is 1.71. The summed E-state index contributed by atoms with van der Waals surface area (Å²) in [7, 11) is 0. The molecule has 34 heavy (non-hydrogen) atoms. The third-order valence-corrected chi connectivity index (χ3v) is 5.14. The van der Waals surface area contributed by atoms with Crippen LogP contribution in [-0.2, 0) is 12.6 Å². The topological polar surface area (TPSA) is 106 Å². The van der Waals surface area contributed by atoms with Crippen LogP contribution in [0, 0.1) is 13.8 Å². The number of aromatic nitrogens is 4. The van der Waals surface area contributed by atoms with Crippen LogP contribution in [-0.4, -0.2) is 26.7 Å². The van der Waals surface area contributed by atoms with Crippen LogP contribution in [0.5, 0.6) is 5.75 Å². The summed E-state index contributed by atoms with van der Waals surface area (Å²) in [5.41, 5.74) is 2.22. The summed E-state index contributed by atoms with van der Waals surface area (Å²) in [5, 5.41) is 6.77. The Bertz CT molecular complexity index is 1330. The molecule has 11 heteroatoms. The zero-order valence-electron chi connectivity index (χ0n) is 18.2. The number of benzene rings is 1. The number of hydrogen-bond donors (Lipinski definition) is 2. The lowest BCUT2D eigenvalue weighted by molar-refractivity contribution is -0.137. The third-order valence-electron chi connectivity index (χ3n) is 5.14. The maximum Gasteiger partial charge on any atom is 0.439 e. The summed E-state index contributed by atoms with van der Waals surface area (Å²) in [6.07, 6.45) is -0.455. The molecule has 1 aromatic carbocycles. The SMILES string of the molecule is Cc1nc(Nc2ccc(C(F)(F)F)cc2)c(-c2noc(=O)[nH]2)c(OCCc2cccnc2)c1C. The number of nitrogens with one attached hydrogen (secondary N) is 2. The van der Waals surface area contributed by atoms with Crippen LogP contribution >= 0.6 is 0 Å². The number of aryl methyl sites for hydroxylation is 1. The van der Waals surface area contributed by atoms with Crippen LogP contribution in [0.4, 0.5) is 24.7 Å². The van der Waals surface area contributed by atoms with Crippen molar-refractivity contribution in [1.29, 1.82) is 0 Å². The second-order valence-corrected chi connectivity index (χ2v) is 7.48. The number of H-pyrrole nitrogens is 1. The van der Waals surface area contributed by atoms with E-state index in [0.29, 0.717) is 41.3 Å². The standard InChI is InChI=1S/C23H20F3N5O3/c1-13-14(2)28-20(29-17-7-5-16(6-8-17)23(24,25)26)18(21-30-22(32)34-31-21)19(13)33-11-9-15-4-3-10-27-12-15/h3-8,10,12H,9,11H2,1-2H3,(H,28,29)(H,30,31,32). The Morgan fingerprint density at radius 1 is 1.15 bits per heavy atom. The van der Waals surface area contributed by atoms with Gasteiger partial charge in [0, 0.05) is 35.8 Å². The zero-order valence-corrected chi connectivity index (χ0v) is 18.2. The van der Waals surface area contributed by atoms with Gasteiger partial charge in [-0.3, -0.25) is 14.5 Å². The highest BCUT2D eigenvalue weighted by Crippen LogP contribution is 2.39. The summed E-state index contributed by atoms with van der Waals surface area (Å²) in [6.45, 7) is 3.88. The highest BCUT2D eigenvalue weighted by molar-refractivity contribution is 5.81. The predicted molar refractivity (Wildman–Crippen MR) is 118 cm³/mol. The molecule has 2 N–H and O–H groups in total. The monoisotopic (exact) mass is 471 g/mol. The molecule has 0 fully saturated rings. The molecule has 0 unspecified atom stereocenters. The number of aromatic amines is 1. The molecule has 8 nitrogen and oxygen atoms in total. The first-order valence-electron chi connectivity index (χ1n) is 10.3. The lowest BCUT2D eigenvalue weighted by Gasteiger charge is -2.18. The summed E-state index contributed by atoms with van der Waals surface area (Å²) >= 11 is 0. The van der Waals surface area contributed by atoms with E-state index in [1.807, 2.05) is 19.1 Å². The minimum atomic E-state index is -4.45. The fourth-order valence-corrected chi connectivity index (χ4v) is 3.29. The summed E-state index contributed by atoms with van der Waals surface area (Å²) in [4.78, 5) is 22.7. The number of nitrogens with zero attached hydrogens (tertiary/aromatic N) is 3. The van der Waals surface area contributed by atoms with E-state index in [4.69, 9.17) is 4.74 Å². The molecule has 4 aromatic rings. The van der Waals surface area contributed by atoms with Crippen molar-refractivity contribution in [2.45, 2.75) is 26.4 Å². The van der Waals surface area contributed by atoms with Gasteiger partial charge in [-0.1, -0.05) is 11.2 Å². The molecule has 176 valence electrons. The van der Waals surface area contributed by atoms with Crippen molar-refractivity contribution in [1.82, 2.24) is 20.1 Å². The number of pyridine rings is 2. The maximum atomic E-state index is 12.9. The van der Waals surface area contributed by atoms with Crippen molar-refractivity contribution in [3.63, 3.8) is 0 Å². The number of hydrogen-bond acceptors (Lipinski definition) is 7. The summed E-state index contributed by atoms with van der Waals surface area (Å²) in [6, 6.07) is 8.26. The second-order valence-electron chi connectivity index (χ2n) is 7.48. The fraction of sp³-hybridized carbons (Fsp3) is 0.217. The maximum absolute atomic E-state index is 12.9. The van der Waals surface area contributed by atoms with E-state index in [1.165, 1.54) is 12.1 Å². The van der Waals surface area contributed by atoms with Crippen molar-refractivity contribution >= 4 is 11.5 Å². The lowest BCUT2D eigenvalue weighted by Crippen LogP contribution is -2.09. The number of anilines is 2. The molecule has 0 radical (unpaired) electrons. The Kier molecular flexibility index (Phi) is 6.35. The molecular weight excluding hydrogens is 451 g/mol. The Morgan fingerprint density at radius 2 is 1.91 bits per heavy atom. The Labute approximate surface area is 191 Å². The van der Waals surface area contributed by atoms with Gasteiger partial charge >= 0.3 is 11.9 Å². The van der Waals surface area contributed by atoms with Crippen LogP contribution < -0.4 is 15.8 Å². The molecule has 4 rings (SSSR count). The van der Waals surface area contributed by atoms with E-state index in [1.54, 1.807) is 19.3 Å². The number of halogens is 3. The number of alkyl halides is 3. The molecule has 0 aliphatic rings. The van der Waals surface area contributed by atoms with Gasteiger partial charge in [0.25, 0.3) is 0 Å². The quantitative estimate of drug-likeness (QED) is 0.398. The Morgan fingerprint density at radius 3 is 2.53 bits per heavy atom. The molecule has 3 heterocycles. The minimum absolute atomic E-state index is 0.0754. The highest BCUT2D eigenvalue weighted by Gasteiger charge is 2.30. The molecule has 0 aliphatic heterocycles. The molecule has 3 aromatic heterocycles. The number of ether oxygens (including phenoxy) is 1. The molecule has 0 amide bonds. The average Bonchev–Trinajstić information content (AvgIpc) is 3.23. The van der Waals surface area contributed by atoms with E-state index in [0.717, 1.165) is 17.7 Å². The molecule has 0 bridgehead atoms. The molecule has 0 saturated carbocycles. The molecular formula is C23H20F3N5O3. The van der Waals surface area contributed by atoms with Gasteiger partial charge in [0.2, 0.25) is 0 Å². The zero-order chi connectivity index (χ0) is 24.3. The van der Waals surface area contributed by atoms with Gasteiger partial charge in [0.05, 0.1) is 12.2 Å². The molecule has 0 atom stereocenters. The van der Waals surface area contributed by atoms with Crippen LogP contribution in [0.1, 0.15) is 22.4 Å². The normalized spacial score (nSPS) is 11.4. The van der Waals surface area contributed by atoms with Crippen molar-refractivity contribution < 1.29 is 22.4 Å².